The Kier molecular flexibility index (Phi) is 10.8. The summed E-state index contributed by atoms with van der Waals surface area (Å²) in [7, 11) is -2.66. The summed E-state index contributed by atoms with van der Waals surface area (Å²) in [6, 6.07) is 8.86. The molecule has 0 spiro atoms. The Morgan fingerprint density at radius 2 is 1.76 bits per heavy atom. The first-order valence-corrected chi connectivity index (χ1v) is 16.9. The van der Waals surface area contributed by atoms with Crippen LogP contribution >= 0.6 is 0 Å². The van der Waals surface area contributed by atoms with Crippen molar-refractivity contribution >= 4 is 22.0 Å². The monoisotopic (exact) mass is 654 g/mol. The Hall–Kier alpha value is -3.90. The molecule has 1 saturated heterocycles. The number of methoxy groups -OCH3 is 1. The lowest BCUT2D eigenvalue weighted by molar-refractivity contribution is -0.160. The van der Waals surface area contributed by atoms with Gasteiger partial charge in [0, 0.05) is 24.6 Å². The number of carbonyl (C=O) groups is 1. The van der Waals surface area contributed by atoms with E-state index in [0.717, 1.165) is 43.5 Å². The smallest absolute Gasteiger partial charge is 0.341 e. The highest BCUT2D eigenvalue weighted by Crippen LogP contribution is 2.33. The number of hydrogen-bond donors (Lipinski definition) is 1. The molecule has 1 aliphatic heterocycles. The summed E-state index contributed by atoms with van der Waals surface area (Å²) in [5.41, 5.74) is 9.24. The molecular weight excluding hydrogens is 608 g/mol. The molecule has 2 aromatic carbocycles. The van der Waals surface area contributed by atoms with Gasteiger partial charge in [0.25, 0.3) is 0 Å². The number of likely N-dealkylation sites (tertiary alicyclic amines) is 1. The molecule has 1 aromatic heterocycles. The maximum atomic E-state index is 13.5. The molecule has 1 fully saturated rings. The van der Waals surface area contributed by atoms with Gasteiger partial charge in [0.05, 0.1) is 19.4 Å². The van der Waals surface area contributed by atoms with Gasteiger partial charge < -0.3 is 24.1 Å². The van der Waals surface area contributed by atoms with Gasteiger partial charge in [0.1, 0.15) is 28.0 Å². The molecule has 1 aliphatic rings. The summed E-state index contributed by atoms with van der Waals surface area (Å²) in [4.78, 5) is 23.3. The highest BCUT2D eigenvalue weighted by Gasteiger charge is 2.33. The van der Waals surface area contributed by atoms with Crippen molar-refractivity contribution in [3.8, 4) is 17.4 Å². The van der Waals surface area contributed by atoms with Crippen LogP contribution in [0.4, 0.5) is 5.95 Å². The zero-order chi connectivity index (χ0) is 33.8. The number of rotatable bonds is 12. The van der Waals surface area contributed by atoms with E-state index in [9.17, 15) is 13.2 Å². The van der Waals surface area contributed by atoms with Crippen LogP contribution in [0.5, 0.6) is 17.4 Å². The molecule has 0 amide bonds. The molecular formula is C34H46N4O7S. The quantitative estimate of drug-likeness (QED) is 0.156. The predicted octanol–water partition coefficient (Wildman–Crippen LogP) is 5.23. The van der Waals surface area contributed by atoms with Gasteiger partial charge in [-0.25, -0.2) is 4.98 Å². The first-order chi connectivity index (χ1) is 21.6. The van der Waals surface area contributed by atoms with E-state index in [0.29, 0.717) is 40.5 Å². The van der Waals surface area contributed by atoms with Gasteiger partial charge >= 0.3 is 16.1 Å². The fourth-order valence-electron chi connectivity index (χ4n) is 5.91. The Morgan fingerprint density at radius 1 is 1.07 bits per heavy atom. The molecule has 11 nitrogen and oxygen atoms in total. The molecule has 4 rings (SSSR count). The Morgan fingerprint density at radius 3 is 2.41 bits per heavy atom. The van der Waals surface area contributed by atoms with Crippen LogP contribution in [-0.2, 0) is 26.1 Å². The Bertz CT molecular complexity index is 1660. The lowest BCUT2D eigenvalue weighted by Crippen LogP contribution is -2.41. The lowest BCUT2D eigenvalue weighted by Gasteiger charge is -2.27. The fourth-order valence-corrected chi connectivity index (χ4v) is 7.24. The number of benzene rings is 2. The third kappa shape index (κ3) is 8.67. The summed E-state index contributed by atoms with van der Waals surface area (Å²) in [6.45, 7) is 14.8. The maximum absolute atomic E-state index is 13.5. The van der Waals surface area contributed by atoms with E-state index < -0.39 is 15.7 Å². The van der Waals surface area contributed by atoms with Crippen molar-refractivity contribution in [2.75, 3.05) is 32.5 Å². The largest absolute Gasteiger partial charge is 0.496 e. The topological polar surface area (TPSA) is 143 Å². The molecule has 250 valence electrons. The molecule has 12 heteroatoms. The van der Waals surface area contributed by atoms with Gasteiger partial charge in [-0.05, 0) is 97.0 Å². The molecule has 0 unspecified atom stereocenters. The number of aromatic nitrogens is 2. The van der Waals surface area contributed by atoms with Gasteiger partial charge in [-0.3, -0.25) is 9.69 Å². The minimum Gasteiger partial charge on any atom is -0.496 e. The van der Waals surface area contributed by atoms with Crippen molar-refractivity contribution in [3.05, 3.63) is 63.8 Å². The van der Waals surface area contributed by atoms with Gasteiger partial charge in [-0.15, -0.1) is 0 Å². The van der Waals surface area contributed by atoms with Crippen molar-refractivity contribution in [2.45, 2.75) is 90.7 Å². The van der Waals surface area contributed by atoms with Crippen molar-refractivity contribution in [1.29, 1.82) is 0 Å². The number of nitrogen functional groups attached to an aromatic ring is 1. The lowest BCUT2D eigenvalue weighted by atomic mass is 10.0. The third-order valence-corrected chi connectivity index (χ3v) is 9.28. The number of esters is 1. The zero-order valence-corrected chi connectivity index (χ0v) is 28.9. The number of nitrogens with zero attached hydrogens (tertiary/aromatic N) is 3. The van der Waals surface area contributed by atoms with Gasteiger partial charge in [0.2, 0.25) is 11.8 Å². The van der Waals surface area contributed by atoms with Crippen molar-refractivity contribution in [2.24, 2.45) is 0 Å². The first kappa shape index (κ1) is 35.0. The van der Waals surface area contributed by atoms with E-state index in [-0.39, 0.29) is 35.2 Å². The predicted molar refractivity (Wildman–Crippen MR) is 176 cm³/mol. The summed E-state index contributed by atoms with van der Waals surface area (Å²) in [5, 5.41) is 0. The van der Waals surface area contributed by atoms with Crippen LogP contribution in [0, 0.1) is 27.7 Å². The second-order valence-corrected chi connectivity index (χ2v) is 14.3. The van der Waals surface area contributed by atoms with E-state index in [4.69, 9.17) is 24.1 Å². The van der Waals surface area contributed by atoms with Gasteiger partial charge in [-0.1, -0.05) is 23.8 Å². The average molecular weight is 655 g/mol. The molecule has 0 saturated carbocycles. The van der Waals surface area contributed by atoms with Gasteiger partial charge in [0.15, 0.2) is 0 Å². The van der Waals surface area contributed by atoms with E-state index in [1.807, 2.05) is 39.8 Å². The van der Waals surface area contributed by atoms with Crippen LogP contribution in [0.25, 0.3) is 0 Å². The molecule has 0 aliphatic carbocycles. The van der Waals surface area contributed by atoms with E-state index in [1.54, 1.807) is 46.1 Å². The van der Waals surface area contributed by atoms with Crippen LogP contribution in [0.3, 0.4) is 0 Å². The number of ether oxygens (including phenoxy) is 3. The standard InChI is InChI=1S/C34H46N4O7S/c1-21-17-22(2)30(23(3)18-21)46(40,41)45-31-27(24(4)36-33(35)37-31)19-25-12-13-26(20-29(25)42-8)43-16-10-15-38-14-9-11-28(38)32(39)44-34(5,6)7/h12-13,17-18,20,28H,9-11,14-16,19H2,1-8H3,(H2,35,36,37)/t28-/m1/s1. The average Bonchev–Trinajstić information content (AvgIpc) is 3.40. The Balaban J connectivity index is 1.45. The fraction of sp³-hybridized carbons (Fsp3) is 0.500. The number of hydrogen-bond acceptors (Lipinski definition) is 11. The number of aryl methyl sites for hydroxylation is 4. The molecule has 2 N–H and O–H groups in total. The SMILES string of the molecule is COc1cc(OCCCN2CCC[C@@H]2C(=O)OC(C)(C)C)ccc1Cc1c(C)nc(N)nc1OS(=O)(=O)c1c(C)cc(C)cc1C. The summed E-state index contributed by atoms with van der Waals surface area (Å²) in [6.07, 6.45) is 2.73. The minimum atomic E-state index is -4.22. The third-order valence-electron chi connectivity index (χ3n) is 7.76. The molecule has 3 aromatic rings. The van der Waals surface area contributed by atoms with Crippen LogP contribution in [0.1, 0.15) is 73.5 Å². The van der Waals surface area contributed by atoms with Crippen molar-refractivity contribution < 1.29 is 31.6 Å². The van der Waals surface area contributed by atoms with E-state index in [1.165, 1.54) is 0 Å². The second-order valence-electron chi connectivity index (χ2n) is 12.8. The van der Waals surface area contributed by atoms with Crippen molar-refractivity contribution in [1.82, 2.24) is 14.9 Å². The number of carbonyl (C=O) groups excluding carboxylic acids is 1. The maximum Gasteiger partial charge on any atom is 0.341 e. The highest BCUT2D eigenvalue weighted by atomic mass is 32.2. The van der Waals surface area contributed by atoms with E-state index in [2.05, 4.69) is 14.9 Å². The second kappa shape index (κ2) is 14.3. The van der Waals surface area contributed by atoms with E-state index >= 15 is 0 Å². The molecule has 46 heavy (non-hydrogen) atoms. The Labute approximate surface area is 272 Å². The summed E-state index contributed by atoms with van der Waals surface area (Å²) < 4.78 is 49.9. The number of anilines is 1. The molecule has 0 bridgehead atoms. The van der Waals surface area contributed by atoms with Gasteiger partial charge in [-0.2, -0.15) is 13.4 Å². The first-order valence-electron chi connectivity index (χ1n) is 15.5. The molecule has 0 radical (unpaired) electrons. The van der Waals surface area contributed by atoms with Crippen LogP contribution in [0.2, 0.25) is 0 Å². The molecule has 1 atom stereocenters. The zero-order valence-electron chi connectivity index (χ0n) is 28.1. The summed E-state index contributed by atoms with van der Waals surface area (Å²) in [5.74, 6) is 0.793. The van der Waals surface area contributed by atoms with Crippen LogP contribution in [0.15, 0.2) is 35.2 Å². The summed E-state index contributed by atoms with van der Waals surface area (Å²) >= 11 is 0. The van der Waals surface area contributed by atoms with Crippen molar-refractivity contribution in [3.63, 3.8) is 0 Å². The van der Waals surface area contributed by atoms with Crippen LogP contribution in [-0.4, -0.2) is 67.7 Å². The molecule has 2 heterocycles. The minimum absolute atomic E-state index is 0.0918. The number of nitrogens with two attached hydrogens (primary N) is 1. The normalized spacial score (nSPS) is 15.5. The highest BCUT2D eigenvalue weighted by molar-refractivity contribution is 7.87. The van der Waals surface area contributed by atoms with Crippen LogP contribution < -0.4 is 19.4 Å².